The molecule has 1 aromatic heterocycles. The molecule has 5 nitrogen and oxygen atoms in total. The van der Waals surface area contributed by atoms with Crippen LogP contribution in [0.1, 0.15) is 24.4 Å². The third kappa shape index (κ3) is 3.58. The Balaban J connectivity index is 2.10. The zero-order valence-corrected chi connectivity index (χ0v) is 13.4. The maximum absolute atomic E-state index is 12.3. The van der Waals surface area contributed by atoms with Gasteiger partial charge in [0.25, 0.3) is 0 Å². The molecule has 114 valence electrons. The van der Waals surface area contributed by atoms with Crippen molar-refractivity contribution >= 4 is 27.5 Å². The lowest BCUT2D eigenvalue weighted by Gasteiger charge is -2.25. The first-order chi connectivity index (χ1) is 10.1. The molecule has 2 rings (SSSR count). The Bertz CT molecular complexity index is 577. The summed E-state index contributed by atoms with van der Waals surface area (Å²) in [6.45, 7) is 2.32. The number of fused-ring (bicyclic) bond motifs is 1. The Hall–Kier alpha value is -1.50. The lowest BCUT2D eigenvalue weighted by atomic mass is 10.2. The van der Waals surface area contributed by atoms with Gasteiger partial charge in [-0.15, -0.1) is 11.3 Å². The van der Waals surface area contributed by atoms with Crippen LogP contribution in [0.25, 0.3) is 10.2 Å². The van der Waals surface area contributed by atoms with E-state index in [4.69, 9.17) is 10.5 Å². The van der Waals surface area contributed by atoms with Gasteiger partial charge in [0.05, 0.1) is 28.8 Å². The molecule has 0 spiro atoms. The highest BCUT2D eigenvalue weighted by Crippen LogP contribution is 2.29. The molecule has 6 heteroatoms. The number of carbonyl (C=O) groups is 1. The zero-order chi connectivity index (χ0) is 15.4. The van der Waals surface area contributed by atoms with Crippen LogP contribution >= 0.6 is 11.3 Å². The first-order valence-electron chi connectivity index (χ1n) is 6.90. The standard InChI is InChI=1S/C15H21N3O2S/c1-10(18(2)14(19)8-11(9-16)20-3)15-17-12-6-4-5-7-13(12)21-15/h4-7,10-11H,8-9,16H2,1-3H3. The highest BCUT2D eigenvalue weighted by Gasteiger charge is 2.22. The summed E-state index contributed by atoms with van der Waals surface area (Å²) >= 11 is 1.62. The summed E-state index contributed by atoms with van der Waals surface area (Å²) in [5.74, 6) is 0.0130. The summed E-state index contributed by atoms with van der Waals surface area (Å²) in [6, 6.07) is 7.93. The molecule has 21 heavy (non-hydrogen) atoms. The Morgan fingerprint density at radius 2 is 2.19 bits per heavy atom. The van der Waals surface area contributed by atoms with Crippen molar-refractivity contribution < 1.29 is 9.53 Å². The molecular formula is C15H21N3O2S. The van der Waals surface area contributed by atoms with Crippen molar-refractivity contribution in [2.24, 2.45) is 5.73 Å². The van der Waals surface area contributed by atoms with Crippen LogP contribution in [-0.2, 0) is 9.53 Å². The molecule has 2 aromatic rings. The molecule has 1 aromatic carbocycles. The average Bonchev–Trinajstić information content (AvgIpc) is 2.94. The predicted octanol–water partition coefficient (Wildman–Crippen LogP) is 2.18. The molecule has 0 aliphatic carbocycles. The number of para-hydroxylation sites is 1. The highest BCUT2D eigenvalue weighted by atomic mass is 32.1. The number of rotatable bonds is 6. The Morgan fingerprint density at radius 1 is 1.48 bits per heavy atom. The minimum Gasteiger partial charge on any atom is -0.380 e. The zero-order valence-electron chi connectivity index (χ0n) is 12.6. The number of nitrogens with two attached hydrogens (primary N) is 1. The molecule has 0 radical (unpaired) electrons. The van der Waals surface area contributed by atoms with Crippen LogP contribution in [0.4, 0.5) is 0 Å². The van der Waals surface area contributed by atoms with Crippen LogP contribution in [0.3, 0.4) is 0 Å². The van der Waals surface area contributed by atoms with Crippen molar-refractivity contribution in [3.63, 3.8) is 0 Å². The number of ether oxygens (including phenoxy) is 1. The smallest absolute Gasteiger partial charge is 0.225 e. The van der Waals surface area contributed by atoms with Gasteiger partial charge in [-0.05, 0) is 19.1 Å². The summed E-state index contributed by atoms with van der Waals surface area (Å²) in [5.41, 5.74) is 6.54. The van der Waals surface area contributed by atoms with Gasteiger partial charge in [0, 0.05) is 20.7 Å². The molecule has 0 aliphatic heterocycles. The number of hydrogen-bond acceptors (Lipinski definition) is 5. The second-order valence-corrected chi connectivity index (χ2v) is 6.06. The van der Waals surface area contributed by atoms with E-state index in [2.05, 4.69) is 4.98 Å². The van der Waals surface area contributed by atoms with E-state index in [-0.39, 0.29) is 18.1 Å². The lowest BCUT2D eigenvalue weighted by Crippen LogP contribution is -2.35. The van der Waals surface area contributed by atoms with Crippen molar-refractivity contribution in [2.75, 3.05) is 20.7 Å². The minimum absolute atomic E-state index is 0.0130. The molecular weight excluding hydrogens is 286 g/mol. The van der Waals surface area contributed by atoms with Gasteiger partial charge in [-0.3, -0.25) is 4.79 Å². The summed E-state index contributed by atoms with van der Waals surface area (Å²) in [5, 5.41) is 0.939. The first-order valence-corrected chi connectivity index (χ1v) is 7.72. The Labute approximate surface area is 128 Å². The van der Waals surface area contributed by atoms with Crippen LogP contribution in [0.5, 0.6) is 0 Å². The molecule has 0 bridgehead atoms. The van der Waals surface area contributed by atoms with Gasteiger partial charge in [0.2, 0.25) is 5.91 Å². The number of hydrogen-bond donors (Lipinski definition) is 1. The monoisotopic (exact) mass is 307 g/mol. The number of methoxy groups -OCH3 is 1. The van der Waals surface area contributed by atoms with E-state index in [0.29, 0.717) is 13.0 Å². The van der Waals surface area contributed by atoms with Crippen molar-refractivity contribution in [1.82, 2.24) is 9.88 Å². The van der Waals surface area contributed by atoms with Crippen LogP contribution in [0, 0.1) is 0 Å². The molecule has 0 fully saturated rings. The highest BCUT2D eigenvalue weighted by molar-refractivity contribution is 7.18. The molecule has 1 heterocycles. The van der Waals surface area contributed by atoms with Crippen LogP contribution < -0.4 is 5.73 Å². The molecule has 2 atom stereocenters. The third-order valence-electron chi connectivity index (χ3n) is 3.64. The van der Waals surface area contributed by atoms with Gasteiger partial charge < -0.3 is 15.4 Å². The van der Waals surface area contributed by atoms with Gasteiger partial charge in [0.1, 0.15) is 5.01 Å². The van der Waals surface area contributed by atoms with Crippen LogP contribution in [-0.4, -0.2) is 42.6 Å². The molecule has 0 aliphatic rings. The SMILES string of the molecule is COC(CN)CC(=O)N(C)C(C)c1nc2ccccc2s1. The second-order valence-electron chi connectivity index (χ2n) is 5.00. The number of nitrogens with zero attached hydrogens (tertiary/aromatic N) is 2. The molecule has 1 amide bonds. The first kappa shape index (κ1) is 15.9. The minimum atomic E-state index is -0.234. The summed E-state index contributed by atoms with van der Waals surface area (Å²) in [6.07, 6.45) is 0.0566. The van der Waals surface area contributed by atoms with Gasteiger partial charge >= 0.3 is 0 Å². The number of benzene rings is 1. The average molecular weight is 307 g/mol. The van der Waals surface area contributed by atoms with E-state index in [9.17, 15) is 4.79 Å². The van der Waals surface area contributed by atoms with Crippen molar-refractivity contribution in [3.05, 3.63) is 29.3 Å². The largest absolute Gasteiger partial charge is 0.380 e. The summed E-state index contributed by atoms with van der Waals surface area (Å²) in [7, 11) is 3.37. The maximum Gasteiger partial charge on any atom is 0.225 e. The van der Waals surface area contributed by atoms with Crippen molar-refractivity contribution in [3.8, 4) is 0 Å². The molecule has 2 N–H and O–H groups in total. The maximum atomic E-state index is 12.3. The fourth-order valence-electron chi connectivity index (χ4n) is 2.05. The normalized spacial score (nSPS) is 14.1. The van der Waals surface area contributed by atoms with Gasteiger partial charge in [-0.2, -0.15) is 0 Å². The van der Waals surface area contributed by atoms with E-state index in [1.807, 2.05) is 31.2 Å². The fourth-order valence-corrected chi connectivity index (χ4v) is 3.11. The lowest BCUT2D eigenvalue weighted by molar-refractivity contribution is -0.134. The van der Waals surface area contributed by atoms with Crippen molar-refractivity contribution in [2.45, 2.75) is 25.5 Å². The van der Waals surface area contributed by atoms with Crippen LogP contribution in [0.15, 0.2) is 24.3 Å². The summed E-state index contributed by atoms with van der Waals surface area (Å²) < 4.78 is 6.30. The van der Waals surface area contributed by atoms with E-state index >= 15 is 0 Å². The van der Waals surface area contributed by atoms with E-state index in [1.54, 1.807) is 30.4 Å². The third-order valence-corrected chi connectivity index (χ3v) is 4.85. The van der Waals surface area contributed by atoms with Crippen LogP contribution in [0.2, 0.25) is 0 Å². The fraction of sp³-hybridized carbons (Fsp3) is 0.467. The number of amides is 1. The van der Waals surface area contributed by atoms with Gasteiger partial charge in [0.15, 0.2) is 0 Å². The number of aromatic nitrogens is 1. The Morgan fingerprint density at radius 3 is 2.81 bits per heavy atom. The van der Waals surface area contributed by atoms with Gasteiger partial charge in [-0.25, -0.2) is 4.98 Å². The quantitative estimate of drug-likeness (QED) is 0.888. The van der Waals surface area contributed by atoms with E-state index in [0.717, 1.165) is 15.2 Å². The van der Waals surface area contributed by atoms with Crippen molar-refractivity contribution in [1.29, 1.82) is 0 Å². The predicted molar refractivity (Wildman–Crippen MR) is 85.3 cm³/mol. The molecule has 0 saturated carbocycles. The topological polar surface area (TPSA) is 68.5 Å². The van der Waals surface area contributed by atoms with Gasteiger partial charge in [-0.1, -0.05) is 12.1 Å². The molecule has 0 saturated heterocycles. The number of carbonyl (C=O) groups excluding carboxylic acids is 1. The Kier molecular flexibility index (Phi) is 5.27. The summed E-state index contributed by atoms with van der Waals surface area (Å²) in [4.78, 5) is 18.6. The number of thiazole rings is 1. The van der Waals surface area contributed by atoms with E-state index < -0.39 is 0 Å². The van der Waals surface area contributed by atoms with E-state index in [1.165, 1.54) is 0 Å². The second kappa shape index (κ2) is 6.98. The molecule has 2 unspecified atom stereocenters.